The summed E-state index contributed by atoms with van der Waals surface area (Å²) in [5, 5.41) is 3.48. The molecular formula is C34H52N4O. The Morgan fingerprint density at radius 3 is 2.21 bits per heavy atom. The molecule has 39 heavy (non-hydrogen) atoms. The molecule has 0 saturated heterocycles. The Kier molecular flexibility index (Phi) is 13.1. The Bertz CT molecular complexity index is 1070. The molecule has 0 amide bonds. The average molecular weight is 533 g/mol. The highest BCUT2D eigenvalue weighted by Gasteiger charge is 2.15. The van der Waals surface area contributed by atoms with Crippen LogP contribution in [0.2, 0.25) is 0 Å². The molecule has 0 spiro atoms. The number of hydrogen-bond acceptors (Lipinski definition) is 4. The minimum atomic E-state index is -0.245. The number of ether oxygens (including phenoxy) is 1. The molecule has 0 radical (unpaired) electrons. The minimum Gasteiger partial charge on any atom is -0.474 e. The van der Waals surface area contributed by atoms with Crippen LogP contribution in [-0.2, 0) is 24.1 Å². The molecule has 1 N–H and O–H groups in total. The Balaban J connectivity index is 1.94. The molecule has 5 nitrogen and oxygen atoms in total. The van der Waals surface area contributed by atoms with Crippen molar-refractivity contribution in [3.05, 3.63) is 83.9 Å². The van der Waals surface area contributed by atoms with Crippen molar-refractivity contribution in [2.24, 2.45) is 4.99 Å². The second kappa shape index (κ2) is 16.0. The Hall–Kier alpha value is -3.21. The van der Waals surface area contributed by atoms with Crippen LogP contribution in [0.15, 0.2) is 72.2 Å². The van der Waals surface area contributed by atoms with E-state index in [4.69, 9.17) is 4.74 Å². The SMILES string of the molecule is C=C(OC(C)(C)C)N(C)Cc1ccc(C/C=C\N=C(C)Nc2ccc(N(CCC)CCC)c(CCC)c2)cc1. The summed E-state index contributed by atoms with van der Waals surface area (Å²) in [7, 11) is 2.01. The molecule has 2 aromatic rings. The third kappa shape index (κ3) is 11.6. The van der Waals surface area contributed by atoms with Crippen LogP contribution in [0.1, 0.15) is 84.4 Å². The lowest BCUT2D eigenvalue weighted by molar-refractivity contribution is 0.00762. The summed E-state index contributed by atoms with van der Waals surface area (Å²) in [6.07, 6.45) is 9.37. The van der Waals surface area contributed by atoms with Crippen LogP contribution < -0.4 is 10.2 Å². The van der Waals surface area contributed by atoms with Gasteiger partial charge < -0.3 is 19.9 Å². The number of hydrogen-bond donors (Lipinski definition) is 1. The average Bonchev–Trinajstić information content (AvgIpc) is 2.87. The zero-order valence-electron chi connectivity index (χ0n) is 25.8. The molecule has 0 aliphatic heterocycles. The Morgan fingerprint density at radius 1 is 0.974 bits per heavy atom. The maximum Gasteiger partial charge on any atom is 0.182 e. The smallest absolute Gasteiger partial charge is 0.182 e. The molecule has 214 valence electrons. The first-order chi connectivity index (χ1) is 18.6. The van der Waals surface area contributed by atoms with E-state index in [1.165, 1.54) is 22.4 Å². The lowest BCUT2D eigenvalue weighted by Gasteiger charge is -2.29. The Labute approximate surface area is 238 Å². The standard InChI is InChI=1S/C34H52N4O/c1-10-14-31-25-32(20-21-33(31)38(23-11-2)24-12-3)36-27(4)35-22-13-15-29-16-18-30(19-17-29)26-37(9)28(5)39-34(6,7)8/h13,16-22,25H,5,10-12,14-15,23-24,26H2,1-4,6-9H3,(H,35,36)/b22-13-. The van der Waals surface area contributed by atoms with Crippen molar-refractivity contribution in [2.45, 2.75) is 92.7 Å². The van der Waals surface area contributed by atoms with Crippen LogP contribution in [0.4, 0.5) is 11.4 Å². The largest absolute Gasteiger partial charge is 0.474 e. The van der Waals surface area contributed by atoms with Crippen molar-refractivity contribution >= 4 is 17.2 Å². The lowest BCUT2D eigenvalue weighted by atomic mass is 10.1. The predicted octanol–water partition coefficient (Wildman–Crippen LogP) is 8.57. The van der Waals surface area contributed by atoms with Crippen molar-refractivity contribution in [1.82, 2.24) is 4.90 Å². The van der Waals surface area contributed by atoms with E-state index in [9.17, 15) is 0 Å². The van der Waals surface area contributed by atoms with E-state index in [0.717, 1.165) is 63.3 Å². The number of allylic oxidation sites excluding steroid dienone is 1. The molecule has 0 fully saturated rings. The van der Waals surface area contributed by atoms with E-state index in [2.05, 4.69) is 91.1 Å². The third-order valence-electron chi connectivity index (χ3n) is 6.27. The highest BCUT2D eigenvalue weighted by atomic mass is 16.5. The number of anilines is 2. The van der Waals surface area contributed by atoms with Crippen molar-refractivity contribution < 1.29 is 4.74 Å². The van der Waals surface area contributed by atoms with Crippen LogP contribution in [0.3, 0.4) is 0 Å². The van der Waals surface area contributed by atoms with Gasteiger partial charge in [-0.2, -0.15) is 0 Å². The lowest BCUT2D eigenvalue weighted by Crippen LogP contribution is -2.26. The van der Waals surface area contributed by atoms with Gasteiger partial charge in [-0.25, -0.2) is 4.99 Å². The first-order valence-corrected chi connectivity index (χ1v) is 14.6. The number of nitrogens with one attached hydrogen (secondary N) is 1. The Morgan fingerprint density at radius 2 is 1.62 bits per heavy atom. The second-order valence-corrected chi connectivity index (χ2v) is 11.3. The maximum atomic E-state index is 5.87. The fourth-order valence-corrected chi connectivity index (χ4v) is 4.50. The monoisotopic (exact) mass is 532 g/mol. The second-order valence-electron chi connectivity index (χ2n) is 11.3. The number of aliphatic imine (C=N–C) groups is 1. The molecule has 2 rings (SSSR count). The summed E-state index contributed by atoms with van der Waals surface area (Å²) in [5.74, 6) is 1.57. The highest BCUT2D eigenvalue weighted by Crippen LogP contribution is 2.26. The fourth-order valence-electron chi connectivity index (χ4n) is 4.50. The predicted molar refractivity (Wildman–Crippen MR) is 171 cm³/mol. The molecule has 2 aromatic carbocycles. The normalized spacial score (nSPS) is 12.1. The van der Waals surface area contributed by atoms with Crippen molar-refractivity contribution in [1.29, 1.82) is 0 Å². The molecule has 0 heterocycles. The van der Waals surface area contributed by atoms with E-state index >= 15 is 0 Å². The fraction of sp³-hybridized carbons (Fsp3) is 0.500. The first kappa shape index (κ1) is 32.0. The summed E-state index contributed by atoms with van der Waals surface area (Å²) >= 11 is 0. The topological polar surface area (TPSA) is 40.1 Å². The molecule has 0 aliphatic rings. The minimum absolute atomic E-state index is 0.245. The van der Waals surface area contributed by atoms with Gasteiger partial charge in [0, 0.05) is 44.3 Å². The summed E-state index contributed by atoms with van der Waals surface area (Å²) in [6, 6.07) is 15.4. The molecule has 5 heteroatoms. The summed E-state index contributed by atoms with van der Waals surface area (Å²) in [6.45, 7) is 21.9. The number of nitrogens with zero attached hydrogens (tertiary/aromatic N) is 3. The molecule has 0 unspecified atom stereocenters. The zero-order chi connectivity index (χ0) is 28.8. The van der Waals surface area contributed by atoms with Crippen LogP contribution in [0.5, 0.6) is 0 Å². The van der Waals surface area contributed by atoms with Gasteiger partial charge in [-0.3, -0.25) is 0 Å². The van der Waals surface area contributed by atoms with E-state index < -0.39 is 0 Å². The van der Waals surface area contributed by atoms with Crippen LogP contribution in [-0.4, -0.2) is 36.5 Å². The number of benzene rings is 2. The van der Waals surface area contributed by atoms with Crippen LogP contribution in [0, 0.1) is 0 Å². The zero-order valence-corrected chi connectivity index (χ0v) is 25.8. The summed E-state index contributed by atoms with van der Waals surface area (Å²) in [4.78, 5) is 9.18. The molecular weight excluding hydrogens is 480 g/mol. The van der Waals surface area contributed by atoms with Crippen molar-refractivity contribution in [3.63, 3.8) is 0 Å². The molecule has 0 aromatic heterocycles. The number of amidine groups is 1. The molecule has 0 atom stereocenters. The van der Waals surface area contributed by atoms with E-state index in [1.807, 2.05) is 45.8 Å². The summed E-state index contributed by atoms with van der Waals surface area (Å²) < 4.78 is 5.87. The van der Waals surface area contributed by atoms with Crippen LogP contribution >= 0.6 is 0 Å². The van der Waals surface area contributed by atoms with Crippen LogP contribution in [0.25, 0.3) is 0 Å². The van der Waals surface area contributed by atoms with Gasteiger partial charge in [-0.15, -0.1) is 0 Å². The van der Waals surface area contributed by atoms with Gasteiger partial charge in [0.1, 0.15) is 11.4 Å². The van der Waals surface area contributed by atoms with Gasteiger partial charge in [-0.1, -0.05) is 57.5 Å². The van der Waals surface area contributed by atoms with Crippen molar-refractivity contribution in [3.8, 4) is 0 Å². The third-order valence-corrected chi connectivity index (χ3v) is 6.27. The van der Waals surface area contributed by atoms with Crippen molar-refractivity contribution in [2.75, 3.05) is 30.4 Å². The molecule has 0 bridgehead atoms. The van der Waals surface area contributed by atoms with Gasteiger partial charge in [0.25, 0.3) is 0 Å². The van der Waals surface area contributed by atoms with Gasteiger partial charge >= 0.3 is 0 Å². The number of aryl methyl sites for hydroxylation is 1. The van der Waals surface area contributed by atoms with E-state index in [0.29, 0.717) is 5.88 Å². The highest BCUT2D eigenvalue weighted by molar-refractivity contribution is 5.94. The maximum absolute atomic E-state index is 5.87. The van der Waals surface area contributed by atoms with Gasteiger partial charge in [0.2, 0.25) is 0 Å². The van der Waals surface area contributed by atoms with Gasteiger partial charge in [0.15, 0.2) is 5.88 Å². The molecule has 0 aliphatic carbocycles. The quantitative estimate of drug-likeness (QED) is 0.142. The summed E-state index contributed by atoms with van der Waals surface area (Å²) in [5.41, 5.74) is 6.12. The molecule has 0 saturated carbocycles. The van der Waals surface area contributed by atoms with Gasteiger partial charge in [-0.05, 0) is 94.8 Å². The van der Waals surface area contributed by atoms with E-state index in [-0.39, 0.29) is 5.60 Å². The number of rotatable bonds is 15. The first-order valence-electron chi connectivity index (χ1n) is 14.6. The van der Waals surface area contributed by atoms with Gasteiger partial charge in [0.05, 0.1) is 0 Å². The van der Waals surface area contributed by atoms with E-state index in [1.54, 1.807) is 0 Å².